The Morgan fingerprint density at radius 1 is 1.22 bits per heavy atom. The van der Waals surface area contributed by atoms with Gasteiger partial charge in [0, 0.05) is 11.3 Å². The van der Waals surface area contributed by atoms with Crippen LogP contribution in [0.25, 0.3) is 0 Å². The highest BCUT2D eigenvalue weighted by molar-refractivity contribution is 7.14. The topological polar surface area (TPSA) is 101 Å². The summed E-state index contributed by atoms with van der Waals surface area (Å²) < 4.78 is 0. The number of carbonyl (C=O) groups is 3. The van der Waals surface area contributed by atoms with Gasteiger partial charge in [0.2, 0.25) is 5.91 Å². The molecule has 2 amide bonds. The Morgan fingerprint density at radius 2 is 1.96 bits per heavy atom. The van der Waals surface area contributed by atoms with Gasteiger partial charge in [-0.2, -0.15) is 0 Å². The molecule has 0 spiro atoms. The summed E-state index contributed by atoms with van der Waals surface area (Å²) in [5, 5.41) is 7.81. The Kier molecular flexibility index (Phi) is 5.13. The molecule has 1 atom stereocenters. The lowest BCUT2D eigenvalue weighted by Gasteiger charge is -2.15. The average Bonchev–Trinajstić information content (AvgIpc) is 2.95. The van der Waals surface area contributed by atoms with Crippen molar-refractivity contribution in [3.63, 3.8) is 0 Å². The molecule has 6 nitrogen and oxygen atoms in total. The van der Waals surface area contributed by atoms with Crippen molar-refractivity contribution in [3.05, 3.63) is 46.8 Å². The minimum Gasteiger partial charge on any atom is -0.374 e. The zero-order valence-electron chi connectivity index (χ0n) is 12.8. The molecule has 4 N–H and O–H groups in total. The van der Waals surface area contributed by atoms with E-state index in [1.165, 1.54) is 18.3 Å². The Labute approximate surface area is 137 Å². The molecule has 0 radical (unpaired) electrons. The number of amides is 2. The van der Waals surface area contributed by atoms with Crippen LogP contribution in [0.15, 0.2) is 35.7 Å². The molecule has 0 aliphatic heterocycles. The van der Waals surface area contributed by atoms with Crippen LogP contribution in [-0.4, -0.2) is 23.6 Å². The molecule has 23 heavy (non-hydrogen) atoms. The Balaban J connectivity index is 2.05. The smallest absolute Gasteiger partial charge is 0.251 e. The predicted molar refractivity (Wildman–Crippen MR) is 91.0 cm³/mol. The number of nitrogens with two attached hydrogens (primary N) is 1. The number of primary amides is 1. The van der Waals surface area contributed by atoms with Crippen molar-refractivity contribution in [3.8, 4) is 0 Å². The largest absolute Gasteiger partial charge is 0.374 e. The maximum Gasteiger partial charge on any atom is 0.251 e. The molecule has 1 aromatic heterocycles. The minimum absolute atomic E-state index is 0.0459. The van der Waals surface area contributed by atoms with E-state index < -0.39 is 11.9 Å². The zero-order chi connectivity index (χ0) is 17.0. The lowest BCUT2D eigenvalue weighted by molar-refractivity contribution is -0.116. The minimum atomic E-state index is -0.587. The molecule has 0 saturated heterocycles. The van der Waals surface area contributed by atoms with Crippen LogP contribution in [0, 0.1) is 0 Å². The summed E-state index contributed by atoms with van der Waals surface area (Å²) in [7, 11) is 0. The van der Waals surface area contributed by atoms with E-state index in [1.54, 1.807) is 42.6 Å². The third-order valence-electron chi connectivity index (χ3n) is 3.21. The first-order valence-electron chi connectivity index (χ1n) is 6.94. The lowest BCUT2D eigenvalue weighted by Crippen LogP contribution is -2.32. The van der Waals surface area contributed by atoms with Gasteiger partial charge >= 0.3 is 0 Å². The van der Waals surface area contributed by atoms with E-state index in [-0.39, 0.29) is 17.3 Å². The zero-order valence-corrected chi connectivity index (χ0v) is 13.6. The highest BCUT2D eigenvalue weighted by Crippen LogP contribution is 2.23. The summed E-state index contributed by atoms with van der Waals surface area (Å²) in [6.45, 7) is 3.17. The normalized spacial score (nSPS) is 11.6. The second-order valence-electron chi connectivity index (χ2n) is 5.02. The Hall–Kier alpha value is -2.67. The molecule has 2 rings (SSSR count). The summed E-state index contributed by atoms with van der Waals surface area (Å²) in [4.78, 5) is 34.9. The fraction of sp³-hybridized carbons (Fsp3) is 0.188. The maximum atomic E-state index is 12.2. The van der Waals surface area contributed by atoms with E-state index in [0.29, 0.717) is 16.3 Å². The number of anilines is 2. The molecular weight excluding hydrogens is 314 g/mol. The van der Waals surface area contributed by atoms with Gasteiger partial charge in [-0.05, 0) is 37.4 Å². The van der Waals surface area contributed by atoms with Gasteiger partial charge in [0.1, 0.15) is 11.0 Å². The van der Waals surface area contributed by atoms with Crippen molar-refractivity contribution >= 4 is 39.6 Å². The van der Waals surface area contributed by atoms with E-state index in [4.69, 9.17) is 5.73 Å². The molecule has 1 unspecified atom stereocenters. The van der Waals surface area contributed by atoms with Crippen LogP contribution < -0.4 is 16.4 Å². The van der Waals surface area contributed by atoms with Crippen LogP contribution in [0.2, 0.25) is 0 Å². The van der Waals surface area contributed by atoms with E-state index in [1.807, 2.05) is 0 Å². The van der Waals surface area contributed by atoms with Crippen molar-refractivity contribution in [1.29, 1.82) is 0 Å². The van der Waals surface area contributed by atoms with Crippen LogP contribution >= 0.6 is 11.3 Å². The van der Waals surface area contributed by atoms with Crippen molar-refractivity contribution in [2.24, 2.45) is 5.73 Å². The van der Waals surface area contributed by atoms with Crippen LogP contribution in [0.1, 0.15) is 34.6 Å². The van der Waals surface area contributed by atoms with Crippen molar-refractivity contribution in [2.75, 3.05) is 10.6 Å². The lowest BCUT2D eigenvalue weighted by atomic mass is 10.1. The Bertz CT molecular complexity index is 755. The first kappa shape index (κ1) is 16.7. The second-order valence-corrected chi connectivity index (χ2v) is 5.94. The maximum absolute atomic E-state index is 12.2. The standard InChI is InChI=1S/C16H17N3O3S/c1-9(18-12-5-3-4-11(8-12)10(2)20)15(22)19-16-13(14(17)21)6-7-23-16/h3-9,18H,1-2H3,(H2,17,21)(H,19,22). The Morgan fingerprint density at radius 3 is 2.61 bits per heavy atom. The van der Waals surface area contributed by atoms with Gasteiger partial charge in [0.25, 0.3) is 5.91 Å². The first-order chi connectivity index (χ1) is 10.9. The SMILES string of the molecule is CC(=O)c1cccc(NC(C)C(=O)Nc2sccc2C(N)=O)c1. The van der Waals surface area contributed by atoms with Gasteiger partial charge in [-0.3, -0.25) is 14.4 Å². The average molecular weight is 331 g/mol. The fourth-order valence-corrected chi connectivity index (χ4v) is 2.76. The molecular formula is C16H17N3O3S. The number of rotatable bonds is 6. The quantitative estimate of drug-likeness (QED) is 0.708. The van der Waals surface area contributed by atoms with Gasteiger partial charge in [0.05, 0.1) is 5.56 Å². The van der Waals surface area contributed by atoms with E-state index in [2.05, 4.69) is 10.6 Å². The number of Topliss-reactive ketones (excluding diaryl/α,β-unsaturated/α-hetero) is 1. The summed E-state index contributed by atoms with van der Waals surface area (Å²) >= 11 is 1.23. The van der Waals surface area contributed by atoms with Gasteiger partial charge in [0.15, 0.2) is 5.78 Å². The molecule has 0 aliphatic rings. The molecule has 0 aliphatic carbocycles. The predicted octanol–water partition coefficient (Wildman–Crippen LogP) is 2.49. The highest BCUT2D eigenvalue weighted by atomic mass is 32.1. The van der Waals surface area contributed by atoms with Gasteiger partial charge in [-0.1, -0.05) is 12.1 Å². The van der Waals surface area contributed by atoms with Gasteiger partial charge < -0.3 is 16.4 Å². The first-order valence-corrected chi connectivity index (χ1v) is 7.82. The molecule has 0 saturated carbocycles. The van der Waals surface area contributed by atoms with Crippen LogP contribution in [-0.2, 0) is 4.79 Å². The van der Waals surface area contributed by atoms with E-state index in [9.17, 15) is 14.4 Å². The number of ketones is 1. The molecule has 0 bridgehead atoms. The number of benzene rings is 1. The monoisotopic (exact) mass is 331 g/mol. The van der Waals surface area contributed by atoms with Crippen LogP contribution in [0.5, 0.6) is 0 Å². The van der Waals surface area contributed by atoms with Crippen LogP contribution in [0.3, 0.4) is 0 Å². The molecule has 7 heteroatoms. The van der Waals surface area contributed by atoms with Crippen molar-refractivity contribution < 1.29 is 14.4 Å². The number of thiophene rings is 1. The van der Waals surface area contributed by atoms with Crippen molar-refractivity contribution in [1.82, 2.24) is 0 Å². The van der Waals surface area contributed by atoms with Crippen LogP contribution in [0.4, 0.5) is 10.7 Å². The molecule has 1 aromatic carbocycles. The summed E-state index contributed by atoms with van der Waals surface area (Å²) in [6, 6.07) is 7.93. The second kappa shape index (κ2) is 7.06. The molecule has 0 fully saturated rings. The van der Waals surface area contributed by atoms with Gasteiger partial charge in [-0.25, -0.2) is 0 Å². The summed E-state index contributed by atoms with van der Waals surface area (Å²) in [5.74, 6) is -0.935. The third-order valence-corrected chi connectivity index (χ3v) is 4.04. The molecule has 1 heterocycles. The number of nitrogens with one attached hydrogen (secondary N) is 2. The summed E-state index contributed by atoms with van der Waals surface area (Å²) in [5.41, 5.74) is 6.77. The molecule has 120 valence electrons. The third kappa shape index (κ3) is 4.17. The van der Waals surface area contributed by atoms with E-state index >= 15 is 0 Å². The molecule has 2 aromatic rings. The highest BCUT2D eigenvalue weighted by Gasteiger charge is 2.17. The van der Waals surface area contributed by atoms with Gasteiger partial charge in [-0.15, -0.1) is 11.3 Å². The number of carbonyl (C=O) groups excluding carboxylic acids is 3. The number of hydrogen-bond acceptors (Lipinski definition) is 5. The fourth-order valence-electron chi connectivity index (χ4n) is 1.96. The summed E-state index contributed by atoms with van der Waals surface area (Å²) in [6.07, 6.45) is 0. The van der Waals surface area contributed by atoms with E-state index in [0.717, 1.165) is 0 Å². The number of hydrogen-bond donors (Lipinski definition) is 3. The van der Waals surface area contributed by atoms with Crippen molar-refractivity contribution in [2.45, 2.75) is 19.9 Å².